The molecule has 1 heterocycles. The van der Waals surface area contributed by atoms with E-state index in [1.165, 1.54) is 19.3 Å². The summed E-state index contributed by atoms with van der Waals surface area (Å²) in [5, 5.41) is 4.06. The quantitative estimate of drug-likeness (QED) is 0.598. The Hall–Kier alpha value is -0.530. The summed E-state index contributed by atoms with van der Waals surface area (Å²) in [5.41, 5.74) is 1.21. The second-order valence-corrected chi connectivity index (χ2v) is 4.09. The third-order valence-electron chi connectivity index (χ3n) is 2.85. The van der Waals surface area contributed by atoms with Crippen molar-refractivity contribution in [3.8, 4) is 0 Å². The summed E-state index contributed by atoms with van der Waals surface area (Å²) in [6.45, 7) is 6.48. The molecule has 0 aromatic heterocycles. The van der Waals surface area contributed by atoms with Crippen molar-refractivity contribution in [2.24, 2.45) is 5.16 Å². The zero-order chi connectivity index (χ0) is 9.73. The Morgan fingerprint density at radius 2 is 2.15 bits per heavy atom. The Labute approximate surface area is 81.3 Å². The maximum atomic E-state index is 5.54. The molecular formula is C11H21NO. The van der Waals surface area contributed by atoms with Gasteiger partial charge in [0.05, 0.1) is 5.71 Å². The summed E-state index contributed by atoms with van der Waals surface area (Å²) in [5.74, 6) is 0. The molecule has 1 aliphatic heterocycles. The SMILES string of the molecule is CCCCCC1(CC)CC(C)=NO1. The van der Waals surface area contributed by atoms with Crippen molar-refractivity contribution in [2.45, 2.75) is 64.9 Å². The highest BCUT2D eigenvalue weighted by Crippen LogP contribution is 2.32. The average molecular weight is 183 g/mol. The fourth-order valence-corrected chi connectivity index (χ4v) is 1.90. The number of hydrogen-bond acceptors (Lipinski definition) is 2. The molecule has 1 atom stereocenters. The van der Waals surface area contributed by atoms with Crippen molar-refractivity contribution in [3.63, 3.8) is 0 Å². The molecule has 0 saturated carbocycles. The number of rotatable bonds is 5. The van der Waals surface area contributed by atoms with Gasteiger partial charge in [0.15, 0.2) is 0 Å². The number of nitrogens with zero attached hydrogens (tertiary/aromatic N) is 1. The van der Waals surface area contributed by atoms with E-state index in [2.05, 4.69) is 25.9 Å². The van der Waals surface area contributed by atoms with Crippen LogP contribution in [0.5, 0.6) is 0 Å². The van der Waals surface area contributed by atoms with Gasteiger partial charge in [-0.2, -0.15) is 0 Å². The number of hydrogen-bond donors (Lipinski definition) is 0. The molecule has 2 nitrogen and oxygen atoms in total. The minimum Gasteiger partial charge on any atom is -0.389 e. The van der Waals surface area contributed by atoms with Gasteiger partial charge >= 0.3 is 0 Å². The minimum atomic E-state index is 0.0548. The van der Waals surface area contributed by atoms with E-state index in [1.54, 1.807) is 0 Å². The van der Waals surface area contributed by atoms with E-state index in [-0.39, 0.29) is 5.60 Å². The Bertz CT molecular complexity index is 189. The molecule has 0 aliphatic carbocycles. The zero-order valence-electron chi connectivity index (χ0n) is 9.10. The van der Waals surface area contributed by atoms with E-state index < -0.39 is 0 Å². The number of unbranched alkanes of at least 4 members (excludes halogenated alkanes) is 2. The van der Waals surface area contributed by atoms with Crippen LogP contribution in [0.2, 0.25) is 0 Å². The van der Waals surface area contributed by atoms with E-state index >= 15 is 0 Å². The van der Waals surface area contributed by atoms with Gasteiger partial charge in [0.2, 0.25) is 0 Å². The van der Waals surface area contributed by atoms with E-state index in [1.807, 2.05) is 0 Å². The van der Waals surface area contributed by atoms with E-state index in [9.17, 15) is 0 Å². The van der Waals surface area contributed by atoms with Gasteiger partial charge in [-0.3, -0.25) is 0 Å². The van der Waals surface area contributed by atoms with Crippen molar-refractivity contribution in [1.82, 2.24) is 0 Å². The molecular weight excluding hydrogens is 162 g/mol. The van der Waals surface area contributed by atoms with E-state index in [0.717, 1.165) is 25.0 Å². The first-order chi connectivity index (χ1) is 6.22. The minimum absolute atomic E-state index is 0.0548. The number of oxime groups is 1. The summed E-state index contributed by atoms with van der Waals surface area (Å²) < 4.78 is 0. The zero-order valence-corrected chi connectivity index (χ0v) is 9.10. The molecule has 0 aromatic rings. The summed E-state index contributed by atoms with van der Waals surface area (Å²) in [6, 6.07) is 0. The van der Waals surface area contributed by atoms with Gasteiger partial charge in [-0.05, 0) is 26.2 Å². The summed E-state index contributed by atoms with van der Waals surface area (Å²) in [7, 11) is 0. The first kappa shape index (κ1) is 10.6. The van der Waals surface area contributed by atoms with Gasteiger partial charge in [0.25, 0.3) is 0 Å². The van der Waals surface area contributed by atoms with Crippen LogP contribution < -0.4 is 0 Å². The molecule has 2 heteroatoms. The van der Waals surface area contributed by atoms with Crippen LogP contribution in [-0.4, -0.2) is 11.3 Å². The lowest BCUT2D eigenvalue weighted by Gasteiger charge is -2.24. The Morgan fingerprint density at radius 3 is 2.62 bits per heavy atom. The molecule has 0 aromatic carbocycles. The van der Waals surface area contributed by atoms with Gasteiger partial charge < -0.3 is 4.84 Å². The standard InChI is InChI=1S/C11H21NO/c1-4-6-7-8-11(5-2)9-10(3)12-13-11/h4-9H2,1-3H3. The fraction of sp³-hybridized carbons (Fsp3) is 0.909. The molecule has 1 unspecified atom stereocenters. The van der Waals surface area contributed by atoms with Gasteiger partial charge in [-0.15, -0.1) is 0 Å². The van der Waals surface area contributed by atoms with Crippen molar-refractivity contribution in [3.05, 3.63) is 0 Å². The highest BCUT2D eigenvalue weighted by Gasteiger charge is 2.35. The highest BCUT2D eigenvalue weighted by molar-refractivity contribution is 5.83. The lowest BCUT2D eigenvalue weighted by atomic mass is 9.89. The fourth-order valence-electron chi connectivity index (χ4n) is 1.90. The Morgan fingerprint density at radius 1 is 1.38 bits per heavy atom. The van der Waals surface area contributed by atoms with Crippen molar-refractivity contribution in [2.75, 3.05) is 0 Å². The molecule has 13 heavy (non-hydrogen) atoms. The molecule has 76 valence electrons. The van der Waals surface area contributed by atoms with Crippen molar-refractivity contribution < 1.29 is 4.84 Å². The monoisotopic (exact) mass is 183 g/mol. The Balaban J connectivity index is 2.35. The molecule has 0 amide bonds. The molecule has 0 saturated heterocycles. The Kier molecular flexibility index (Phi) is 3.76. The smallest absolute Gasteiger partial charge is 0.142 e. The third-order valence-corrected chi connectivity index (χ3v) is 2.85. The average Bonchev–Trinajstić information content (AvgIpc) is 2.49. The molecule has 0 bridgehead atoms. The third kappa shape index (κ3) is 2.71. The predicted molar refractivity (Wildman–Crippen MR) is 56.0 cm³/mol. The van der Waals surface area contributed by atoms with Gasteiger partial charge in [0, 0.05) is 6.42 Å². The van der Waals surface area contributed by atoms with Crippen LogP contribution in [0, 0.1) is 0 Å². The van der Waals surface area contributed by atoms with Crippen LogP contribution in [0.1, 0.15) is 59.3 Å². The van der Waals surface area contributed by atoms with Crippen LogP contribution in [0.25, 0.3) is 0 Å². The summed E-state index contributed by atoms with van der Waals surface area (Å²) in [6.07, 6.45) is 7.14. The molecule has 0 N–H and O–H groups in total. The van der Waals surface area contributed by atoms with Gasteiger partial charge in [-0.1, -0.05) is 31.8 Å². The van der Waals surface area contributed by atoms with Crippen LogP contribution in [0.15, 0.2) is 5.16 Å². The van der Waals surface area contributed by atoms with Crippen molar-refractivity contribution in [1.29, 1.82) is 0 Å². The lowest BCUT2D eigenvalue weighted by molar-refractivity contribution is -0.0296. The topological polar surface area (TPSA) is 21.6 Å². The molecule has 0 fully saturated rings. The van der Waals surface area contributed by atoms with Crippen LogP contribution in [-0.2, 0) is 4.84 Å². The second-order valence-electron chi connectivity index (χ2n) is 4.09. The summed E-state index contributed by atoms with van der Waals surface area (Å²) >= 11 is 0. The second kappa shape index (κ2) is 4.64. The molecule has 0 radical (unpaired) electrons. The first-order valence-electron chi connectivity index (χ1n) is 5.44. The maximum absolute atomic E-state index is 5.54. The van der Waals surface area contributed by atoms with E-state index in [4.69, 9.17) is 4.84 Å². The normalized spacial score (nSPS) is 27.2. The predicted octanol–water partition coefficient (Wildman–Crippen LogP) is 3.51. The largest absolute Gasteiger partial charge is 0.389 e. The summed E-state index contributed by atoms with van der Waals surface area (Å²) in [4.78, 5) is 5.54. The van der Waals surface area contributed by atoms with Crippen LogP contribution in [0.4, 0.5) is 0 Å². The first-order valence-corrected chi connectivity index (χ1v) is 5.44. The highest BCUT2D eigenvalue weighted by atomic mass is 16.7. The maximum Gasteiger partial charge on any atom is 0.142 e. The van der Waals surface area contributed by atoms with E-state index in [0.29, 0.717) is 0 Å². The van der Waals surface area contributed by atoms with Gasteiger partial charge in [-0.25, -0.2) is 0 Å². The lowest BCUT2D eigenvalue weighted by Crippen LogP contribution is -2.27. The molecule has 1 aliphatic rings. The molecule has 0 spiro atoms. The molecule has 1 rings (SSSR count). The van der Waals surface area contributed by atoms with Gasteiger partial charge in [0.1, 0.15) is 5.60 Å². The van der Waals surface area contributed by atoms with Crippen LogP contribution >= 0.6 is 0 Å². The van der Waals surface area contributed by atoms with Crippen LogP contribution in [0.3, 0.4) is 0 Å². The van der Waals surface area contributed by atoms with Crippen molar-refractivity contribution >= 4 is 5.71 Å².